The van der Waals surface area contributed by atoms with E-state index in [-0.39, 0.29) is 11.6 Å². The zero-order chi connectivity index (χ0) is 15.0. The number of fused-ring (bicyclic) bond motifs is 1. The van der Waals surface area contributed by atoms with Gasteiger partial charge >= 0.3 is 6.16 Å². The second-order valence-corrected chi connectivity index (χ2v) is 4.96. The van der Waals surface area contributed by atoms with Crippen molar-refractivity contribution in [2.24, 2.45) is 0 Å². The van der Waals surface area contributed by atoms with Gasteiger partial charge < -0.3 is 14.3 Å². The first-order valence-corrected chi connectivity index (χ1v) is 6.56. The Labute approximate surface area is 128 Å². The van der Waals surface area contributed by atoms with Crippen molar-refractivity contribution in [3.63, 3.8) is 0 Å². The lowest BCUT2D eigenvalue weighted by Crippen LogP contribution is -2.03. The molecule has 1 N–H and O–H groups in total. The second kappa shape index (κ2) is 5.27. The molecule has 0 saturated heterocycles. The minimum absolute atomic E-state index is 0.0973. The van der Waals surface area contributed by atoms with E-state index in [2.05, 4.69) is 9.72 Å². The molecule has 0 aliphatic rings. The monoisotopic (exact) mass is 323 g/mol. The van der Waals surface area contributed by atoms with Gasteiger partial charge in [0.25, 0.3) is 0 Å². The predicted octanol–water partition coefficient (Wildman–Crippen LogP) is 4.86. The van der Waals surface area contributed by atoms with Gasteiger partial charge in [0.2, 0.25) is 5.89 Å². The highest BCUT2D eigenvalue weighted by atomic mass is 35.5. The summed E-state index contributed by atoms with van der Waals surface area (Å²) >= 11 is 12.0. The van der Waals surface area contributed by atoms with Crippen molar-refractivity contribution in [2.45, 2.75) is 0 Å². The van der Waals surface area contributed by atoms with E-state index in [1.165, 1.54) is 6.07 Å². The van der Waals surface area contributed by atoms with Gasteiger partial charge in [0.1, 0.15) is 0 Å². The van der Waals surface area contributed by atoms with Crippen LogP contribution in [0.3, 0.4) is 0 Å². The summed E-state index contributed by atoms with van der Waals surface area (Å²) in [5, 5.41) is 9.59. The fourth-order valence-corrected chi connectivity index (χ4v) is 2.37. The molecule has 0 amide bonds. The third-order valence-electron chi connectivity index (χ3n) is 2.74. The largest absolute Gasteiger partial charge is 0.511 e. The number of carbonyl (C=O) groups is 1. The van der Waals surface area contributed by atoms with Crippen LogP contribution in [-0.2, 0) is 0 Å². The number of aromatic nitrogens is 1. The average Bonchev–Trinajstić information content (AvgIpc) is 2.82. The highest BCUT2D eigenvalue weighted by Gasteiger charge is 2.16. The first-order valence-electron chi connectivity index (χ1n) is 5.80. The molecule has 0 atom stereocenters. The molecule has 0 aliphatic heterocycles. The third-order valence-corrected chi connectivity index (χ3v) is 3.29. The van der Waals surface area contributed by atoms with Gasteiger partial charge in [0.15, 0.2) is 16.8 Å². The van der Waals surface area contributed by atoms with Gasteiger partial charge in [0, 0.05) is 5.02 Å². The lowest BCUT2D eigenvalue weighted by Gasteiger charge is -1.99. The number of rotatable bonds is 2. The molecule has 2 aromatic carbocycles. The number of benzene rings is 2. The number of halogens is 2. The lowest BCUT2D eigenvalue weighted by atomic mass is 10.2. The average molecular weight is 324 g/mol. The van der Waals surface area contributed by atoms with Crippen LogP contribution >= 0.6 is 23.2 Å². The molecule has 7 heteroatoms. The lowest BCUT2D eigenvalue weighted by molar-refractivity contribution is 0.145. The fraction of sp³-hybridized carbons (Fsp3) is 0. The molecule has 5 nitrogen and oxygen atoms in total. The molecule has 106 valence electrons. The summed E-state index contributed by atoms with van der Waals surface area (Å²) in [6.07, 6.45) is -1.42. The molecular weight excluding hydrogens is 317 g/mol. The smallest absolute Gasteiger partial charge is 0.449 e. The first kappa shape index (κ1) is 13.7. The van der Waals surface area contributed by atoms with Crippen LogP contribution in [0.2, 0.25) is 10.0 Å². The number of para-hydroxylation sites is 1. The quantitative estimate of drug-likeness (QED) is 0.538. The molecule has 0 spiro atoms. The molecule has 0 fully saturated rings. The van der Waals surface area contributed by atoms with Gasteiger partial charge in [-0.1, -0.05) is 29.3 Å². The van der Waals surface area contributed by atoms with E-state index >= 15 is 0 Å². The number of ether oxygens (including phenoxy) is 1. The third kappa shape index (κ3) is 2.66. The number of carboxylic acid groups (broad SMARTS) is 1. The zero-order valence-electron chi connectivity index (χ0n) is 10.3. The van der Waals surface area contributed by atoms with Gasteiger partial charge in [-0.25, -0.2) is 9.78 Å². The molecule has 3 aromatic rings. The molecule has 0 saturated carbocycles. The van der Waals surface area contributed by atoms with E-state index in [1.54, 1.807) is 30.3 Å². The van der Waals surface area contributed by atoms with Crippen molar-refractivity contribution in [3.05, 3.63) is 46.4 Å². The van der Waals surface area contributed by atoms with E-state index in [1.807, 2.05) is 0 Å². The molecular formula is C14H7Cl2NO4. The minimum Gasteiger partial charge on any atom is -0.449 e. The van der Waals surface area contributed by atoms with Crippen LogP contribution in [0.5, 0.6) is 5.75 Å². The van der Waals surface area contributed by atoms with E-state index in [0.717, 1.165) is 0 Å². The summed E-state index contributed by atoms with van der Waals surface area (Å²) in [7, 11) is 0. The van der Waals surface area contributed by atoms with Crippen LogP contribution in [-0.4, -0.2) is 16.2 Å². The Bertz CT molecular complexity index is 844. The van der Waals surface area contributed by atoms with Crippen LogP contribution in [0.1, 0.15) is 0 Å². The van der Waals surface area contributed by atoms with Crippen LogP contribution in [0.15, 0.2) is 40.8 Å². The molecule has 21 heavy (non-hydrogen) atoms. The first-order chi connectivity index (χ1) is 10.0. The van der Waals surface area contributed by atoms with Crippen molar-refractivity contribution >= 4 is 40.5 Å². The standard InChI is InChI=1S/C14H7Cl2NO4/c15-7-4-5-8(9(16)6-7)13-17-12-10(20-13)2-1-3-11(12)21-14(18)19/h1-6H,(H,18,19). The summed E-state index contributed by atoms with van der Waals surface area (Å²) in [5.74, 6) is 0.355. The molecule has 0 unspecified atom stereocenters. The highest BCUT2D eigenvalue weighted by molar-refractivity contribution is 6.36. The fourth-order valence-electron chi connectivity index (χ4n) is 1.88. The van der Waals surface area contributed by atoms with Gasteiger partial charge in [-0.3, -0.25) is 0 Å². The van der Waals surface area contributed by atoms with Crippen molar-refractivity contribution < 1.29 is 19.1 Å². The Kier molecular flexibility index (Phi) is 3.45. The van der Waals surface area contributed by atoms with Gasteiger partial charge in [-0.2, -0.15) is 0 Å². The maximum atomic E-state index is 10.7. The second-order valence-electron chi connectivity index (χ2n) is 4.11. The Balaban J connectivity index is 2.14. The van der Waals surface area contributed by atoms with E-state index < -0.39 is 6.16 Å². The molecule has 0 radical (unpaired) electrons. The van der Waals surface area contributed by atoms with E-state index in [4.69, 9.17) is 32.7 Å². The molecule has 1 aromatic heterocycles. The number of nitrogens with zero attached hydrogens (tertiary/aromatic N) is 1. The van der Waals surface area contributed by atoms with Gasteiger partial charge in [-0.15, -0.1) is 0 Å². The van der Waals surface area contributed by atoms with Crippen LogP contribution in [0.25, 0.3) is 22.6 Å². The Morgan fingerprint density at radius 1 is 1.24 bits per heavy atom. The SMILES string of the molecule is O=C(O)Oc1cccc2oc(-c3ccc(Cl)cc3Cl)nc12. The number of hydrogen-bond donors (Lipinski definition) is 1. The van der Waals surface area contributed by atoms with Crippen molar-refractivity contribution in [1.82, 2.24) is 4.98 Å². The normalized spacial score (nSPS) is 10.8. The van der Waals surface area contributed by atoms with Gasteiger partial charge in [0.05, 0.1) is 10.6 Å². The molecule has 1 heterocycles. The topological polar surface area (TPSA) is 72.6 Å². The predicted molar refractivity (Wildman–Crippen MR) is 78.1 cm³/mol. The maximum Gasteiger partial charge on any atom is 0.511 e. The zero-order valence-corrected chi connectivity index (χ0v) is 11.9. The summed E-state index contributed by atoms with van der Waals surface area (Å²) in [5.41, 5.74) is 1.26. The Morgan fingerprint density at radius 2 is 2.05 bits per heavy atom. The summed E-state index contributed by atoms with van der Waals surface area (Å²) in [6, 6.07) is 9.66. The molecule has 0 bridgehead atoms. The number of hydrogen-bond acceptors (Lipinski definition) is 4. The van der Waals surface area contributed by atoms with Gasteiger partial charge in [-0.05, 0) is 30.3 Å². The van der Waals surface area contributed by atoms with Crippen molar-refractivity contribution in [3.8, 4) is 17.2 Å². The Morgan fingerprint density at radius 3 is 2.76 bits per heavy atom. The minimum atomic E-state index is -1.42. The van der Waals surface area contributed by atoms with Crippen LogP contribution in [0.4, 0.5) is 4.79 Å². The van der Waals surface area contributed by atoms with E-state index in [9.17, 15) is 4.79 Å². The summed E-state index contributed by atoms with van der Waals surface area (Å²) < 4.78 is 10.3. The van der Waals surface area contributed by atoms with E-state index in [0.29, 0.717) is 26.7 Å². The number of oxazole rings is 1. The van der Waals surface area contributed by atoms with Crippen molar-refractivity contribution in [2.75, 3.05) is 0 Å². The highest BCUT2D eigenvalue weighted by Crippen LogP contribution is 2.34. The summed E-state index contributed by atoms with van der Waals surface area (Å²) in [4.78, 5) is 14.9. The summed E-state index contributed by atoms with van der Waals surface area (Å²) in [6.45, 7) is 0. The molecule has 0 aliphatic carbocycles. The molecule has 3 rings (SSSR count). The van der Waals surface area contributed by atoms with Crippen LogP contribution < -0.4 is 4.74 Å². The maximum absolute atomic E-state index is 10.7. The van der Waals surface area contributed by atoms with Crippen LogP contribution in [0, 0.1) is 0 Å². The Hall–Kier alpha value is -2.24. The van der Waals surface area contributed by atoms with Crippen molar-refractivity contribution in [1.29, 1.82) is 0 Å².